The number of nitrogens with zero attached hydrogens (tertiary/aromatic N) is 1. The molecule has 0 unspecified atom stereocenters. The number of alkyl halides is 2. The topological polar surface area (TPSA) is 77.2 Å². The molecule has 2 rings (SSSR count). The van der Waals surface area contributed by atoms with Crippen LogP contribution in [0, 0.1) is 3.57 Å². The van der Waals surface area contributed by atoms with Gasteiger partial charge in [-0.3, -0.25) is 15.2 Å². The second-order valence-electron chi connectivity index (χ2n) is 3.66. The van der Waals surface area contributed by atoms with Crippen LogP contribution in [0.5, 0.6) is 5.75 Å². The van der Waals surface area contributed by atoms with Crippen LogP contribution in [-0.4, -0.2) is 17.0 Å². The van der Waals surface area contributed by atoms with Crippen molar-refractivity contribution in [1.29, 1.82) is 0 Å². The average Bonchev–Trinajstić information content (AvgIpc) is 2.42. The van der Waals surface area contributed by atoms with Gasteiger partial charge in [-0.15, -0.1) is 0 Å². The van der Waals surface area contributed by atoms with Crippen LogP contribution in [-0.2, 0) is 4.79 Å². The molecule has 0 fully saturated rings. The maximum absolute atomic E-state index is 13.5. The van der Waals surface area contributed by atoms with Gasteiger partial charge in [0.2, 0.25) is 0 Å². The lowest BCUT2D eigenvalue weighted by Gasteiger charge is -2.18. The molecule has 0 aliphatic rings. The smallest absolute Gasteiger partial charge is 0.422 e. The molecule has 0 aliphatic carbocycles. The molecule has 0 aliphatic heterocycles. The minimum atomic E-state index is -4.12. The molecule has 0 saturated heterocycles. The second kappa shape index (κ2) is 5.62. The molecule has 1 aromatic heterocycles. The fourth-order valence-corrected chi connectivity index (χ4v) is 2.62. The molecule has 106 valence electrons. The van der Waals surface area contributed by atoms with E-state index < -0.39 is 12.0 Å². The number of hydrazine groups is 1. The summed E-state index contributed by atoms with van der Waals surface area (Å²) in [6.07, 6.45) is -2.71. The molecule has 2 aromatic rings. The molecule has 3 N–H and O–H groups in total. The number of halogens is 4. The van der Waals surface area contributed by atoms with Crippen molar-refractivity contribution < 1.29 is 18.3 Å². The van der Waals surface area contributed by atoms with Crippen molar-refractivity contribution in [2.75, 3.05) is 0 Å². The average molecular weight is 414 g/mol. The highest BCUT2D eigenvalue weighted by atomic mass is 127. The maximum Gasteiger partial charge on any atom is 0.483 e. The number of benzene rings is 1. The van der Waals surface area contributed by atoms with Crippen molar-refractivity contribution in [1.82, 2.24) is 10.4 Å². The van der Waals surface area contributed by atoms with Gasteiger partial charge in [0.05, 0.1) is 8.59 Å². The Morgan fingerprint density at radius 1 is 1.55 bits per heavy atom. The van der Waals surface area contributed by atoms with Crippen LogP contribution >= 0.6 is 34.2 Å². The van der Waals surface area contributed by atoms with E-state index >= 15 is 0 Å². The Morgan fingerprint density at radius 3 is 2.90 bits per heavy atom. The van der Waals surface area contributed by atoms with Crippen LogP contribution in [0.15, 0.2) is 24.4 Å². The van der Waals surface area contributed by atoms with Crippen molar-refractivity contribution in [3.63, 3.8) is 0 Å². The summed E-state index contributed by atoms with van der Waals surface area (Å²) in [4.78, 5) is 15.0. The van der Waals surface area contributed by atoms with Gasteiger partial charge in [-0.2, -0.15) is 8.78 Å². The summed E-state index contributed by atoms with van der Waals surface area (Å²) in [7, 11) is 0. The van der Waals surface area contributed by atoms with Gasteiger partial charge in [0, 0.05) is 11.6 Å². The molecular formula is C11H7ClF2IN3O2. The molecular weight excluding hydrogens is 406 g/mol. The van der Waals surface area contributed by atoms with Crippen molar-refractivity contribution in [3.05, 3.63) is 33.0 Å². The van der Waals surface area contributed by atoms with Gasteiger partial charge in [0.1, 0.15) is 5.52 Å². The maximum atomic E-state index is 13.5. The molecule has 0 radical (unpaired) electrons. The minimum absolute atomic E-state index is 0.133. The van der Waals surface area contributed by atoms with Gasteiger partial charge < -0.3 is 4.74 Å². The Labute approximate surface area is 130 Å². The van der Waals surface area contributed by atoms with E-state index in [9.17, 15) is 13.6 Å². The van der Waals surface area contributed by atoms with E-state index in [0.717, 1.165) is 0 Å². The Kier molecular flexibility index (Phi) is 4.25. The summed E-state index contributed by atoms with van der Waals surface area (Å²) in [5.74, 6) is 2.69. The standard InChI is InChI=1S/C11H7ClF2IN3O2/c12-6-4-7(15)9(8-5(6)2-1-3-17-8)20-11(13,14)10(19)18-16/h1-4H,16H2,(H,18,19). The monoisotopic (exact) mass is 413 g/mol. The van der Waals surface area contributed by atoms with Crippen molar-refractivity contribution >= 4 is 51.0 Å². The van der Waals surface area contributed by atoms with Gasteiger partial charge in [0.25, 0.3) is 0 Å². The number of carbonyl (C=O) groups is 1. The highest BCUT2D eigenvalue weighted by Gasteiger charge is 2.43. The third-order valence-electron chi connectivity index (χ3n) is 2.38. The number of pyridine rings is 1. The Balaban J connectivity index is 2.58. The first-order valence-electron chi connectivity index (χ1n) is 5.17. The Bertz CT molecular complexity index is 684. The largest absolute Gasteiger partial charge is 0.483 e. The number of hydrogen-bond acceptors (Lipinski definition) is 4. The van der Waals surface area contributed by atoms with E-state index in [2.05, 4.69) is 15.6 Å². The van der Waals surface area contributed by atoms with E-state index in [4.69, 9.17) is 11.6 Å². The highest BCUT2D eigenvalue weighted by Crippen LogP contribution is 2.37. The molecule has 0 spiro atoms. The van der Waals surface area contributed by atoms with Crippen molar-refractivity contribution in [2.45, 2.75) is 6.11 Å². The highest BCUT2D eigenvalue weighted by molar-refractivity contribution is 14.1. The van der Waals surface area contributed by atoms with Gasteiger partial charge in [-0.1, -0.05) is 11.6 Å². The molecule has 5 nitrogen and oxygen atoms in total. The van der Waals surface area contributed by atoms with E-state index in [1.54, 1.807) is 34.7 Å². The molecule has 1 amide bonds. The normalized spacial score (nSPS) is 11.4. The first-order valence-corrected chi connectivity index (χ1v) is 6.63. The summed E-state index contributed by atoms with van der Waals surface area (Å²) in [5.41, 5.74) is 1.47. The van der Waals surface area contributed by atoms with Crippen LogP contribution in [0.2, 0.25) is 5.02 Å². The van der Waals surface area contributed by atoms with E-state index in [0.29, 0.717) is 14.0 Å². The van der Waals surface area contributed by atoms with Crippen LogP contribution in [0.4, 0.5) is 8.78 Å². The third-order valence-corrected chi connectivity index (χ3v) is 3.49. The van der Waals surface area contributed by atoms with Crippen LogP contribution in [0.1, 0.15) is 0 Å². The number of carbonyl (C=O) groups excluding carboxylic acids is 1. The first-order chi connectivity index (χ1) is 9.36. The van der Waals surface area contributed by atoms with Gasteiger partial charge in [-0.05, 0) is 40.8 Å². The predicted octanol–water partition coefficient (Wildman–Crippen LogP) is 2.45. The van der Waals surface area contributed by atoms with Crippen LogP contribution in [0.3, 0.4) is 0 Å². The quantitative estimate of drug-likeness (QED) is 0.351. The van der Waals surface area contributed by atoms with E-state index in [-0.39, 0.29) is 11.3 Å². The summed E-state index contributed by atoms with van der Waals surface area (Å²) < 4.78 is 31.9. The zero-order valence-electron chi connectivity index (χ0n) is 9.66. The number of hydrogen-bond donors (Lipinski definition) is 2. The van der Waals surface area contributed by atoms with Gasteiger partial charge >= 0.3 is 12.0 Å². The molecule has 9 heteroatoms. The lowest BCUT2D eigenvalue weighted by molar-refractivity contribution is -0.192. The number of ether oxygens (including phenoxy) is 1. The Hall–Kier alpha value is -1.26. The van der Waals surface area contributed by atoms with Gasteiger partial charge in [0.15, 0.2) is 5.75 Å². The lowest BCUT2D eigenvalue weighted by atomic mass is 10.2. The summed E-state index contributed by atoms with van der Waals surface area (Å²) in [6, 6.07) is 4.65. The number of amides is 1. The molecule has 0 atom stereocenters. The van der Waals surface area contributed by atoms with Crippen LogP contribution < -0.4 is 16.0 Å². The number of fused-ring (bicyclic) bond motifs is 1. The second-order valence-corrected chi connectivity index (χ2v) is 5.23. The molecule has 1 aromatic carbocycles. The summed E-state index contributed by atoms with van der Waals surface area (Å²) in [6.45, 7) is 0. The predicted molar refractivity (Wildman–Crippen MR) is 77.4 cm³/mol. The zero-order valence-corrected chi connectivity index (χ0v) is 12.6. The SMILES string of the molecule is NNC(=O)C(F)(F)Oc1c(I)cc(Cl)c2cccnc12. The summed E-state index contributed by atoms with van der Waals surface area (Å²) >= 11 is 7.77. The number of aromatic nitrogens is 1. The van der Waals surface area contributed by atoms with Crippen LogP contribution in [0.25, 0.3) is 10.9 Å². The molecule has 1 heterocycles. The number of nitrogens with one attached hydrogen (secondary N) is 1. The van der Waals surface area contributed by atoms with E-state index in [1.807, 2.05) is 0 Å². The van der Waals surface area contributed by atoms with E-state index in [1.165, 1.54) is 17.7 Å². The fraction of sp³-hybridized carbons (Fsp3) is 0.0909. The lowest BCUT2D eigenvalue weighted by Crippen LogP contribution is -2.47. The number of nitrogens with two attached hydrogens (primary N) is 1. The minimum Gasteiger partial charge on any atom is -0.422 e. The fourth-order valence-electron chi connectivity index (χ4n) is 1.50. The van der Waals surface area contributed by atoms with Gasteiger partial charge in [-0.25, -0.2) is 5.84 Å². The summed E-state index contributed by atoms with van der Waals surface area (Å²) in [5, 5.41) is 0.782. The Morgan fingerprint density at radius 2 is 2.25 bits per heavy atom. The third kappa shape index (κ3) is 2.76. The first kappa shape index (κ1) is 15.1. The van der Waals surface area contributed by atoms with Crippen molar-refractivity contribution in [3.8, 4) is 5.75 Å². The number of rotatable bonds is 3. The molecule has 0 bridgehead atoms. The molecule has 0 saturated carbocycles. The molecule has 20 heavy (non-hydrogen) atoms. The van der Waals surface area contributed by atoms with Crippen molar-refractivity contribution in [2.24, 2.45) is 5.84 Å². The zero-order chi connectivity index (χ0) is 14.9.